The van der Waals surface area contributed by atoms with E-state index in [2.05, 4.69) is 12.1 Å². The van der Waals surface area contributed by atoms with Crippen LogP contribution in [0.3, 0.4) is 0 Å². The Labute approximate surface area is 86.4 Å². The maximum absolute atomic E-state index is 8.95. The van der Waals surface area contributed by atoms with Crippen LogP contribution in [-0.4, -0.2) is 7.11 Å². The van der Waals surface area contributed by atoms with Crippen molar-refractivity contribution in [2.45, 2.75) is 6.92 Å². The number of fused-ring (bicyclic) bond motifs is 1. The molecule has 1 aromatic heterocycles. The second kappa shape index (κ2) is 3.32. The number of methoxy groups -OCH3 is 1. The fourth-order valence-corrected chi connectivity index (χ4v) is 2.49. The van der Waals surface area contributed by atoms with Gasteiger partial charge in [0.15, 0.2) is 0 Å². The highest BCUT2D eigenvalue weighted by molar-refractivity contribution is 7.17. The van der Waals surface area contributed by atoms with E-state index in [1.807, 2.05) is 18.4 Å². The maximum Gasteiger partial charge on any atom is 0.140 e. The number of hydrogen-bond acceptors (Lipinski definition) is 3. The van der Waals surface area contributed by atoms with Crippen LogP contribution in [0, 0.1) is 18.3 Å². The van der Waals surface area contributed by atoms with Gasteiger partial charge in [0.1, 0.15) is 11.8 Å². The molecular weight excluding hydrogens is 194 g/mol. The molecule has 0 saturated heterocycles. The molecule has 0 radical (unpaired) electrons. The molecule has 0 amide bonds. The van der Waals surface area contributed by atoms with Crippen molar-refractivity contribution in [2.75, 3.05) is 7.11 Å². The first-order chi connectivity index (χ1) is 6.77. The first kappa shape index (κ1) is 9.04. The van der Waals surface area contributed by atoms with E-state index in [1.54, 1.807) is 18.4 Å². The Bertz CT molecular complexity index is 522. The monoisotopic (exact) mass is 203 g/mol. The Hall–Kier alpha value is -1.53. The van der Waals surface area contributed by atoms with Gasteiger partial charge in [-0.05, 0) is 29.8 Å². The molecule has 0 spiro atoms. The van der Waals surface area contributed by atoms with Crippen LogP contribution >= 0.6 is 11.3 Å². The molecule has 3 heteroatoms. The molecule has 0 saturated carbocycles. The molecule has 1 heterocycles. The molecular formula is C11H9NOS. The molecule has 2 rings (SSSR count). The van der Waals surface area contributed by atoms with Crippen molar-refractivity contribution in [3.8, 4) is 11.8 Å². The van der Waals surface area contributed by atoms with E-state index in [0.29, 0.717) is 11.3 Å². The molecule has 0 bridgehead atoms. The van der Waals surface area contributed by atoms with Crippen molar-refractivity contribution >= 4 is 21.4 Å². The first-order valence-corrected chi connectivity index (χ1v) is 5.10. The largest absolute Gasteiger partial charge is 0.495 e. The summed E-state index contributed by atoms with van der Waals surface area (Å²) in [4.78, 5) is 0. The number of hydrogen-bond donors (Lipinski definition) is 0. The Kier molecular flexibility index (Phi) is 2.14. The van der Waals surface area contributed by atoms with Gasteiger partial charge < -0.3 is 4.74 Å². The molecule has 0 aliphatic carbocycles. The lowest BCUT2D eigenvalue weighted by Gasteiger charge is -2.07. The standard InChI is InChI=1S/C11H9NOS/c1-7-9-3-4-14-10(9)5-8(6-12)11(7)13-2/h3-5H,1-2H3. The van der Waals surface area contributed by atoms with Crippen LogP contribution < -0.4 is 4.74 Å². The molecule has 0 N–H and O–H groups in total. The zero-order valence-corrected chi connectivity index (χ0v) is 8.81. The third-order valence-corrected chi connectivity index (χ3v) is 3.15. The Morgan fingerprint density at radius 1 is 1.50 bits per heavy atom. The lowest BCUT2D eigenvalue weighted by Crippen LogP contribution is -1.91. The number of thiophene rings is 1. The van der Waals surface area contributed by atoms with Crippen LogP contribution in [0.4, 0.5) is 0 Å². The highest BCUT2D eigenvalue weighted by Gasteiger charge is 2.10. The van der Waals surface area contributed by atoms with Gasteiger partial charge in [-0.2, -0.15) is 5.26 Å². The normalized spacial score (nSPS) is 10.1. The van der Waals surface area contributed by atoms with E-state index in [-0.39, 0.29) is 0 Å². The summed E-state index contributed by atoms with van der Waals surface area (Å²) in [6.07, 6.45) is 0. The predicted molar refractivity (Wildman–Crippen MR) is 57.8 cm³/mol. The topological polar surface area (TPSA) is 33.0 Å². The lowest BCUT2D eigenvalue weighted by molar-refractivity contribution is 0.411. The minimum absolute atomic E-state index is 0.611. The first-order valence-electron chi connectivity index (χ1n) is 4.23. The number of nitrogens with zero attached hydrogens (tertiary/aromatic N) is 1. The third kappa shape index (κ3) is 1.16. The van der Waals surface area contributed by atoms with Gasteiger partial charge in [-0.15, -0.1) is 11.3 Å². The maximum atomic E-state index is 8.95. The average Bonchev–Trinajstić information content (AvgIpc) is 2.65. The summed E-state index contributed by atoms with van der Waals surface area (Å²) in [5.74, 6) is 0.693. The van der Waals surface area contributed by atoms with E-state index in [1.165, 1.54) is 5.39 Å². The summed E-state index contributed by atoms with van der Waals surface area (Å²) in [6, 6.07) is 6.09. The van der Waals surface area contributed by atoms with Crippen LogP contribution in [0.5, 0.6) is 5.75 Å². The summed E-state index contributed by atoms with van der Waals surface area (Å²) in [7, 11) is 1.60. The number of benzene rings is 1. The molecule has 70 valence electrons. The third-order valence-electron chi connectivity index (χ3n) is 2.28. The van der Waals surface area contributed by atoms with Crippen LogP contribution in [0.15, 0.2) is 17.5 Å². The zero-order chi connectivity index (χ0) is 10.1. The summed E-state index contributed by atoms with van der Waals surface area (Å²) >= 11 is 1.64. The van der Waals surface area contributed by atoms with Crippen molar-refractivity contribution in [3.05, 3.63) is 28.6 Å². The second-order valence-corrected chi connectivity index (χ2v) is 3.97. The molecule has 0 atom stereocenters. The summed E-state index contributed by atoms with van der Waals surface area (Å²) in [5, 5.41) is 12.1. The fourth-order valence-electron chi connectivity index (χ4n) is 1.61. The van der Waals surface area contributed by atoms with E-state index < -0.39 is 0 Å². The minimum Gasteiger partial charge on any atom is -0.495 e. The molecule has 14 heavy (non-hydrogen) atoms. The van der Waals surface area contributed by atoms with Crippen molar-refractivity contribution in [3.63, 3.8) is 0 Å². The van der Waals surface area contributed by atoms with Gasteiger partial charge in [0, 0.05) is 10.3 Å². The molecule has 0 aliphatic heterocycles. The summed E-state index contributed by atoms with van der Waals surface area (Å²) < 4.78 is 6.37. The Balaban J connectivity index is 2.87. The van der Waals surface area contributed by atoms with Gasteiger partial charge in [0.05, 0.1) is 12.7 Å². The van der Waals surface area contributed by atoms with E-state index in [9.17, 15) is 0 Å². The van der Waals surface area contributed by atoms with Crippen LogP contribution in [0.2, 0.25) is 0 Å². The summed E-state index contributed by atoms with van der Waals surface area (Å²) in [6.45, 7) is 1.98. The molecule has 2 nitrogen and oxygen atoms in total. The Morgan fingerprint density at radius 3 is 2.93 bits per heavy atom. The smallest absolute Gasteiger partial charge is 0.140 e. The Morgan fingerprint density at radius 2 is 2.29 bits per heavy atom. The SMILES string of the molecule is COc1c(C#N)cc2sccc2c1C. The van der Waals surface area contributed by atoms with Crippen LogP contribution in [0.25, 0.3) is 10.1 Å². The lowest BCUT2D eigenvalue weighted by atomic mass is 10.1. The van der Waals surface area contributed by atoms with Crippen molar-refractivity contribution in [1.82, 2.24) is 0 Å². The van der Waals surface area contributed by atoms with E-state index >= 15 is 0 Å². The van der Waals surface area contributed by atoms with Gasteiger partial charge in [-0.25, -0.2) is 0 Å². The average molecular weight is 203 g/mol. The highest BCUT2D eigenvalue weighted by atomic mass is 32.1. The highest BCUT2D eigenvalue weighted by Crippen LogP contribution is 2.33. The molecule has 1 aromatic carbocycles. The minimum atomic E-state index is 0.611. The van der Waals surface area contributed by atoms with Gasteiger partial charge >= 0.3 is 0 Å². The summed E-state index contributed by atoms with van der Waals surface area (Å²) in [5.41, 5.74) is 1.66. The quantitative estimate of drug-likeness (QED) is 0.713. The van der Waals surface area contributed by atoms with E-state index in [4.69, 9.17) is 10.00 Å². The van der Waals surface area contributed by atoms with Crippen molar-refractivity contribution < 1.29 is 4.74 Å². The number of rotatable bonds is 1. The van der Waals surface area contributed by atoms with E-state index in [0.717, 1.165) is 10.3 Å². The molecule has 2 aromatic rings. The molecule has 0 fully saturated rings. The van der Waals surface area contributed by atoms with Gasteiger partial charge in [0.25, 0.3) is 0 Å². The van der Waals surface area contributed by atoms with Gasteiger partial charge in [0.2, 0.25) is 0 Å². The number of nitriles is 1. The fraction of sp³-hybridized carbons (Fsp3) is 0.182. The van der Waals surface area contributed by atoms with Crippen LogP contribution in [-0.2, 0) is 0 Å². The molecule has 0 aliphatic rings. The zero-order valence-electron chi connectivity index (χ0n) is 8.00. The van der Waals surface area contributed by atoms with Crippen LogP contribution in [0.1, 0.15) is 11.1 Å². The second-order valence-electron chi connectivity index (χ2n) is 3.03. The van der Waals surface area contributed by atoms with Gasteiger partial charge in [-0.3, -0.25) is 0 Å². The number of aryl methyl sites for hydroxylation is 1. The molecule has 0 unspecified atom stereocenters. The number of ether oxygens (including phenoxy) is 1. The van der Waals surface area contributed by atoms with Gasteiger partial charge in [-0.1, -0.05) is 0 Å². The van der Waals surface area contributed by atoms with Crippen molar-refractivity contribution in [1.29, 1.82) is 5.26 Å². The van der Waals surface area contributed by atoms with Crippen molar-refractivity contribution in [2.24, 2.45) is 0 Å². The predicted octanol–water partition coefficient (Wildman–Crippen LogP) is 3.09.